The third kappa shape index (κ3) is 6.12. The lowest BCUT2D eigenvalue weighted by atomic mass is 10.2. The van der Waals surface area contributed by atoms with Crippen molar-refractivity contribution in [1.29, 1.82) is 0 Å². The number of likely N-dealkylation sites (N-methyl/N-ethyl adjacent to an activating group) is 1. The molecule has 0 saturated carbocycles. The van der Waals surface area contributed by atoms with Crippen molar-refractivity contribution in [3.63, 3.8) is 0 Å². The smallest absolute Gasteiger partial charge is 0.223 e. The number of fused-ring (bicyclic) bond motifs is 1. The van der Waals surface area contributed by atoms with E-state index in [0.717, 1.165) is 61.2 Å². The van der Waals surface area contributed by atoms with E-state index in [4.69, 9.17) is 0 Å². The van der Waals surface area contributed by atoms with Gasteiger partial charge < -0.3 is 20.0 Å². The number of hydrogen-bond acceptors (Lipinski definition) is 7. The molecule has 30 heavy (non-hydrogen) atoms. The molecule has 1 aliphatic heterocycles. The first-order chi connectivity index (χ1) is 14.6. The SMILES string of the molecule is CCN(CC)CCNC(=O)CCC(=O)N1CCCN(c2nc3cccnc3s2)CC1. The van der Waals surface area contributed by atoms with Crippen LogP contribution in [-0.2, 0) is 9.59 Å². The summed E-state index contributed by atoms with van der Waals surface area (Å²) >= 11 is 1.59. The zero-order valence-corrected chi connectivity index (χ0v) is 18.8. The van der Waals surface area contributed by atoms with Crippen LogP contribution in [-0.4, -0.2) is 83.9 Å². The van der Waals surface area contributed by atoms with E-state index < -0.39 is 0 Å². The summed E-state index contributed by atoms with van der Waals surface area (Å²) in [4.78, 5) is 41.0. The van der Waals surface area contributed by atoms with Crippen molar-refractivity contribution in [1.82, 2.24) is 25.1 Å². The molecule has 0 aromatic carbocycles. The molecule has 3 rings (SSSR count). The van der Waals surface area contributed by atoms with Gasteiger partial charge in [0.15, 0.2) is 5.13 Å². The normalized spacial score (nSPS) is 14.9. The molecule has 8 nitrogen and oxygen atoms in total. The number of nitrogens with zero attached hydrogens (tertiary/aromatic N) is 5. The Morgan fingerprint density at radius 1 is 1.17 bits per heavy atom. The van der Waals surface area contributed by atoms with Crippen molar-refractivity contribution < 1.29 is 9.59 Å². The van der Waals surface area contributed by atoms with Crippen LogP contribution in [0.15, 0.2) is 18.3 Å². The van der Waals surface area contributed by atoms with Crippen LogP contribution in [0.4, 0.5) is 5.13 Å². The number of carbonyl (C=O) groups excluding carboxylic acids is 2. The summed E-state index contributed by atoms with van der Waals surface area (Å²) in [5.41, 5.74) is 0.918. The standard InChI is InChI=1S/C21H32N6O2S/c1-3-25(4-2)14-11-22-18(28)8-9-19(29)26-12-6-13-27(16-15-26)21-24-17-7-5-10-23-20(17)30-21/h5,7,10H,3-4,6,8-9,11-16H2,1-2H3,(H,22,28). The Bertz CT molecular complexity index is 805. The van der Waals surface area contributed by atoms with Crippen molar-refractivity contribution in [2.24, 2.45) is 0 Å². The average Bonchev–Trinajstić information content (AvgIpc) is 3.04. The Balaban J connectivity index is 1.42. The van der Waals surface area contributed by atoms with Crippen LogP contribution in [0.5, 0.6) is 0 Å². The lowest BCUT2D eigenvalue weighted by Crippen LogP contribution is -2.37. The third-order valence-corrected chi connectivity index (χ3v) is 6.52. The van der Waals surface area contributed by atoms with E-state index in [-0.39, 0.29) is 24.7 Å². The number of carbonyl (C=O) groups is 2. The fourth-order valence-corrected chi connectivity index (χ4v) is 4.57. The van der Waals surface area contributed by atoms with Crippen LogP contribution < -0.4 is 10.2 Å². The van der Waals surface area contributed by atoms with Crippen LogP contribution in [0.25, 0.3) is 10.3 Å². The molecule has 0 bridgehead atoms. The van der Waals surface area contributed by atoms with Crippen molar-refractivity contribution >= 4 is 38.6 Å². The van der Waals surface area contributed by atoms with E-state index in [1.165, 1.54) is 0 Å². The molecular formula is C21H32N6O2S. The average molecular weight is 433 g/mol. The van der Waals surface area contributed by atoms with Crippen LogP contribution in [0.1, 0.15) is 33.1 Å². The lowest BCUT2D eigenvalue weighted by molar-refractivity contribution is -0.133. The molecule has 0 unspecified atom stereocenters. The molecule has 0 radical (unpaired) electrons. The minimum Gasteiger partial charge on any atom is -0.355 e. The maximum Gasteiger partial charge on any atom is 0.223 e. The van der Waals surface area contributed by atoms with Crippen LogP contribution in [0.3, 0.4) is 0 Å². The minimum atomic E-state index is -0.0473. The van der Waals surface area contributed by atoms with Gasteiger partial charge in [0.05, 0.1) is 0 Å². The summed E-state index contributed by atoms with van der Waals surface area (Å²) in [6.45, 7) is 10.7. The van der Waals surface area contributed by atoms with Gasteiger partial charge in [-0.1, -0.05) is 25.2 Å². The van der Waals surface area contributed by atoms with E-state index in [0.29, 0.717) is 13.1 Å². The number of nitrogens with one attached hydrogen (secondary N) is 1. The van der Waals surface area contributed by atoms with Gasteiger partial charge in [0.1, 0.15) is 10.3 Å². The molecule has 1 fully saturated rings. The molecule has 2 amide bonds. The molecule has 1 saturated heterocycles. The van der Waals surface area contributed by atoms with E-state index >= 15 is 0 Å². The number of pyridine rings is 1. The second kappa shape index (κ2) is 11.2. The Kier molecular flexibility index (Phi) is 8.39. The van der Waals surface area contributed by atoms with Gasteiger partial charge in [-0.25, -0.2) is 9.97 Å². The largest absolute Gasteiger partial charge is 0.355 e. The topological polar surface area (TPSA) is 81.7 Å². The molecule has 9 heteroatoms. The molecule has 1 aliphatic rings. The number of hydrogen-bond donors (Lipinski definition) is 1. The summed E-state index contributed by atoms with van der Waals surface area (Å²) in [6.07, 6.45) is 3.20. The van der Waals surface area contributed by atoms with Gasteiger partial charge in [-0.15, -0.1) is 0 Å². The maximum atomic E-state index is 12.6. The van der Waals surface area contributed by atoms with Gasteiger partial charge in [0.2, 0.25) is 11.8 Å². The minimum absolute atomic E-state index is 0.0473. The first-order valence-electron chi connectivity index (χ1n) is 10.8. The predicted molar refractivity (Wildman–Crippen MR) is 121 cm³/mol. The second-order valence-electron chi connectivity index (χ2n) is 7.42. The van der Waals surface area contributed by atoms with Gasteiger partial charge >= 0.3 is 0 Å². The first kappa shape index (κ1) is 22.4. The van der Waals surface area contributed by atoms with Crippen molar-refractivity contribution in [3.05, 3.63) is 18.3 Å². The van der Waals surface area contributed by atoms with E-state index in [1.807, 2.05) is 17.0 Å². The molecule has 0 spiro atoms. The highest BCUT2D eigenvalue weighted by atomic mass is 32.1. The van der Waals surface area contributed by atoms with Crippen molar-refractivity contribution in [3.8, 4) is 0 Å². The molecule has 1 N–H and O–H groups in total. The summed E-state index contributed by atoms with van der Waals surface area (Å²) in [5.74, 6) is 0.00985. The molecule has 164 valence electrons. The molecule has 0 aliphatic carbocycles. The highest BCUT2D eigenvalue weighted by molar-refractivity contribution is 7.21. The predicted octanol–water partition coefficient (Wildman–Crippen LogP) is 1.97. The maximum absolute atomic E-state index is 12.6. The molecule has 3 heterocycles. The molecular weight excluding hydrogens is 400 g/mol. The number of anilines is 1. The number of rotatable bonds is 9. The first-order valence-corrected chi connectivity index (χ1v) is 11.7. The van der Waals surface area contributed by atoms with Crippen LogP contribution >= 0.6 is 11.3 Å². The monoisotopic (exact) mass is 432 g/mol. The van der Waals surface area contributed by atoms with Crippen molar-refractivity contribution in [2.75, 3.05) is 57.3 Å². The summed E-state index contributed by atoms with van der Waals surface area (Å²) in [7, 11) is 0. The van der Waals surface area contributed by atoms with Gasteiger partial charge in [0, 0.05) is 58.3 Å². The van der Waals surface area contributed by atoms with E-state index in [9.17, 15) is 9.59 Å². The zero-order valence-electron chi connectivity index (χ0n) is 18.0. The fraction of sp³-hybridized carbons (Fsp3) is 0.619. The number of aromatic nitrogens is 2. The van der Waals surface area contributed by atoms with Crippen LogP contribution in [0, 0.1) is 0 Å². The zero-order chi connectivity index (χ0) is 21.3. The van der Waals surface area contributed by atoms with E-state index in [1.54, 1.807) is 17.5 Å². The summed E-state index contributed by atoms with van der Waals surface area (Å²) in [5, 5.41) is 3.88. The van der Waals surface area contributed by atoms with Crippen LogP contribution in [0.2, 0.25) is 0 Å². The van der Waals surface area contributed by atoms with Gasteiger partial charge in [-0.3, -0.25) is 9.59 Å². The summed E-state index contributed by atoms with van der Waals surface area (Å²) < 4.78 is 0. The van der Waals surface area contributed by atoms with E-state index in [2.05, 4.69) is 38.9 Å². The van der Waals surface area contributed by atoms with Crippen molar-refractivity contribution in [2.45, 2.75) is 33.1 Å². The number of amides is 2. The fourth-order valence-electron chi connectivity index (χ4n) is 3.61. The highest BCUT2D eigenvalue weighted by Gasteiger charge is 2.21. The lowest BCUT2D eigenvalue weighted by Gasteiger charge is -2.21. The molecule has 0 atom stereocenters. The van der Waals surface area contributed by atoms with Gasteiger partial charge in [-0.2, -0.15) is 0 Å². The second-order valence-corrected chi connectivity index (χ2v) is 8.38. The Morgan fingerprint density at radius 3 is 2.77 bits per heavy atom. The van der Waals surface area contributed by atoms with Gasteiger partial charge in [0.25, 0.3) is 0 Å². The molecule has 2 aromatic heterocycles. The quantitative estimate of drug-likeness (QED) is 0.652. The third-order valence-electron chi connectivity index (χ3n) is 5.48. The Labute approximate surface area is 182 Å². The molecule has 2 aromatic rings. The van der Waals surface area contributed by atoms with Gasteiger partial charge in [-0.05, 0) is 31.6 Å². The Hall–Kier alpha value is -2.26. The summed E-state index contributed by atoms with van der Waals surface area (Å²) in [6, 6.07) is 3.87. The number of thiazole rings is 1. The highest BCUT2D eigenvalue weighted by Crippen LogP contribution is 2.27. The Morgan fingerprint density at radius 2 is 2.00 bits per heavy atom.